The summed E-state index contributed by atoms with van der Waals surface area (Å²) >= 11 is 0. The van der Waals surface area contributed by atoms with Crippen molar-refractivity contribution in [2.24, 2.45) is 5.92 Å². The molecule has 3 rings (SSSR count). The van der Waals surface area contributed by atoms with E-state index >= 15 is 0 Å². The van der Waals surface area contributed by atoms with Crippen LogP contribution >= 0.6 is 0 Å². The monoisotopic (exact) mass is 685 g/mol. The number of esters is 1. The lowest BCUT2D eigenvalue weighted by Gasteiger charge is -2.32. The van der Waals surface area contributed by atoms with Gasteiger partial charge in [-0.15, -0.1) is 0 Å². The quantitative estimate of drug-likeness (QED) is 0.0767. The molecule has 5 atom stereocenters. The molecule has 0 spiro atoms. The summed E-state index contributed by atoms with van der Waals surface area (Å²) in [7, 11) is 0. The number of carbonyl (C=O) groups excluding carboxylic acids is 3. The molecule has 8 heteroatoms. The number of unbranched alkanes of at least 4 members (excludes halogenated alkanes) is 15. The third-order valence-electron chi connectivity index (χ3n) is 10.5. The second kappa shape index (κ2) is 24.5. The van der Waals surface area contributed by atoms with Gasteiger partial charge in [0.15, 0.2) is 6.23 Å². The number of ether oxygens (including phenoxy) is 3. The van der Waals surface area contributed by atoms with Crippen molar-refractivity contribution >= 4 is 18.0 Å². The predicted molar refractivity (Wildman–Crippen MR) is 196 cm³/mol. The number of carbonyl (C=O) groups is 3. The summed E-state index contributed by atoms with van der Waals surface area (Å²) in [6.45, 7) is 6.46. The predicted octanol–water partition coefficient (Wildman–Crippen LogP) is 9.67. The van der Waals surface area contributed by atoms with Crippen LogP contribution in [0.3, 0.4) is 0 Å². The molecule has 1 saturated heterocycles. The van der Waals surface area contributed by atoms with E-state index in [0.29, 0.717) is 31.8 Å². The Labute approximate surface area is 297 Å². The van der Waals surface area contributed by atoms with E-state index in [1.165, 1.54) is 83.5 Å². The molecule has 0 aromatic heterocycles. The smallest absolute Gasteiger partial charge is 0.465 e. The summed E-state index contributed by atoms with van der Waals surface area (Å²) in [4.78, 5) is 41.2. The fraction of sp³-hybridized carbons (Fsp3) is 0.780. The molecule has 1 heterocycles. The Morgan fingerprint density at radius 2 is 1.39 bits per heavy atom. The van der Waals surface area contributed by atoms with Gasteiger partial charge < -0.3 is 19.1 Å². The number of fused-ring (bicyclic) bond motifs is 1. The van der Waals surface area contributed by atoms with Gasteiger partial charge in [-0.05, 0) is 57.4 Å². The van der Waals surface area contributed by atoms with E-state index in [-0.39, 0.29) is 24.5 Å². The number of nitrogens with zero attached hydrogens (tertiary/aromatic N) is 1. The summed E-state index contributed by atoms with van der Waals surface area (Å²) in [5.74, 6) is -0.198. The molecule has 0 unspecified atom stereocenters. The van der Waals surface area contributed by atoms with Gasteiger partial charge in [0, 0.05) is 12.5 Å². The Bertz CT molecular complexity index is 1050. The van der Waals surface area contributed by atoms with Crippen LogP contribution in [0, 0.1) is 5.92 Å². The largest absolute Gasteiger partial charge is 0.510 e. The molecule has 1 saturated carbocycles. The average molecular weight is 685 g/mol. The van der Waals surface area contributed by atoms with Crippen molar-refractivity contribution in [1.82, 2.24) is 10.2 Å². The summed E-state index contributed by atoms with van der Waals surface area (Å²) in [5.41, 5.74) is 1.12. The van der Waals surface area contributed by atoms with Gasteiger partial charge in [-0.1, -0.05) is 140 Å². The Kier molecular flexibility index (Phi) is 20.4. The minimum Gasteiger partial charge on any atom is -0.465 e. The third-order valence-corrected chi connectivity index (χ3v) is 10.5. The van der Waals surface area contributed by atoms with Gasteiger partial charge in [-0.25, -0.2) is 4.79 Å². The summed E-state index contributed by atoms with van der Waals surface area (Å²) in [6.07, 6.45) is 24.2. The van der Waals surface area contributed by atoms with Gasteiger partial charge >= 0.3 is 12.1 Å². The van der Waals surface area contributed by atoms with Gasteiger partial charge in [0.05, 0.1) is 19.3 Å². The molecule has 1 aliphatic heterocycles. The maximum absolute atomic E-state index is 13.9. The highest BCUT2D eigenvalue weighted by atomic mass is 16.7. The van der Waals surface area contributed by atoms with Crippen molar-refractivity contribution in [1.29, 1.82) is 0 Å². The first-order chi connectivity index (χ1) is 23.9. The molecular formula is C41H68N2O6. The summed E-state index contributed by atoms with van der Waals surface area (Å²) in [6, 6.07) is 8.76. The zero-order valence-corrected chi connectivity index (χ0v) is 31.1. The average Bonchev–Trinajstić information content (AvgIpc) is 3.69. The number of rotatable bonds is 26. The minimum atomic E-state index is -0.698. The lowest BCUT2D eigenvalue weighted by atomic mass is 10.0. The maximum Gasteiger partial charge on any atom is 0.510 e. The zero-order valence-electron chi connectivity index (χ0n) is 31.1. The number of benzene rings is 1. The van der Waals surface area contributed by atoms with Gasteiger partial charge in [0.25, 0.3) is 0 Å². The van der Waals surface area contributed by atoms with Crippen LogP contribution in [0.2, 0.25) is 0 Å². The molecule has 278 valence electrons. The Hall–Kier alpha value is -2.61. The lowest BCUT2D eigenvalue weighted by molar-refractivity contribution is -0.148. The van der Waals surface area contributed by atoms with E-state index in [1.54, 1.807) is 18.7 Å². The highest BCUT2D eigenvalue weighted by Crippen LogP contribution is 2.42. The van der Waals surface area contributed by atoms with Crippen LogP contribution in [0.25, 0.3) is 0 Å². The highest BCUT2D eigenvalue weighted by molar-refractivity contribution is 5.84. The molecule has 1 amide bonds. The van der Waals surface area contributed by atoms with Crippen molar-refractivity contribution < 1.29 is 28.6 Å². The fourth-order valence-corrected chi connectivity index (χ4v) is 7.67. The molecule has 1 N–H and O–H groups in total. The number of hydrogen-bond acceptors (Lipinski definition) is 7. The number of hydrogen-bond donors (Lipinski definition) is 1. The first-order valence-electron chi connectivity index (χ1n) is 20.1. The minimum absolute atomic E-state index is 0.0419. The van der Waals surface area contributed by atoms with Crippen molar-refractivity contribution in [2.45, 2.75) is 186 Å². The van der Waals surface area contributed by atoms with E-state index in [0.717, 1.165) is 44.1 Å². The first kappa shape index (κ1) is 40.8. The van der Waals surface area contributed by atoms with Crippen LogP contribution in [0.1, 0.15) is 161 Å². The van der Waals surface area contributed by atoms with Crippen LogP contribution in [-0.4, -0.2) is 60.5 Å². The SMILES string of the molecule is CCCCCCCCCCCCCCCCCCOC(=O)O[C@H]1C[C@@H]2CCC[C@@H]2N1C(=O)[C@H](C)N[C@@H](CCc1ccccc1)C(=O)OCC. The van der Waals surface area contributed by atoms with E-state index in [9.17, 15) is 14.4 Å². The number of nitrogens with one attached hydrogen (secondary N) is 1. The molecule has 2 aliphatic rings. The Morgan fingerprint density at radius 1 is 0.796 bits per heavy atom. The molecule has 1 aliphatic carbocycles. The number of aryl methyl sites for hydroxylation is 1. The Morgan fingerprint density at radius 3 is 1.98 bits per heavy atom. The second-order valence-corrected chi connectivity index (χ2v) is 14.4. The second-order valence-electron chi connectivity index (χ2n) is 14.4. The van der Waals surface area contributed by atoms with Crippen molar-refractivity contribution in [3.05, 3.63) is 35.9 Å². The van der Waals surface area contributed by atoms with E-state index < -0.39 is 24.5 Å². The summed E-state index contributed by atoms with van der Waals surface area (Å²) in [5, 5.41) is 3.25. The van der Waals surface area contributed by atoms with Gasteiger partial charge in [-0.3, -0.25) is 14.9 Å². The molecule has 1 aromatic carbocycles. The van der Waals surface area contributed by atoms with Gasteiger partial charge in [0.1, 0.15) is 6.04 Å². The van der Waals surface area contributed by atoms with Crippen LogP contribution in [0.5, 0.6) is 0 Å². The van der Waals surface area contributed by atoms with Gasteiger partial charge in [-0.2, -0.15) is 0 Å². The maximum atomic E-state index is 13.9. The third kappa shape index (κ3) is 15.4. The van der Waals surface area contributed by atoms with Crippen LogP contribution < -0.4 is 5.32 Å². The summed E-state index contributed by atoms with van der Waals surface area (Å²) < 4.78 is 16.6. The van der Waals surface area contributed by atoms with E-state index in [2.05, 4.69) is 12.2 Å². The van der Waals surface area contributed by atoms with Gasteiger partial charge in [0.2, 0.25) is 5.91 Å². The molecule has 49 heavy (non-hydrogen) atoms. The molecule has 2 fully saturated rings. The zero-order chi connectivity index (χ0) is 35.1. The van der Waals surface area contributed by atoms with Crippen molar-refractivity contribution in [3.8, 4) is 0 Å². The first-order valence-corrected chi connectivity index (χ1v) is 20.1. The standard InChI is InChI=1S/C41H68N2O6/c1-4-6-7-8-9-10-11-12-13-14-15-16-17-18-19-23-31-48-41(46)49-38-32-35-27-24-28-37(35)43(38)39(44)33(3)42-36(40(45)47-5-2)30-29-34-25-21-20-22-26-34/h20-22,25-26,33,35-38,42H,4-19,23-24,27-32H2,1-3H3/t33-,35-,36-,37-,38-/m0/s1. The molecule has 1 aromatic rings. The van der Waals surface area contributed by atoms with Crippen molar-refractivity contribution in [2.75, 3.05) is 13.2 Å². The van der Waals surface area contributed by atoms with E-state index in [1.807, 2.05) is 30.3 Å². The molecule has 0 bridgehead atoms. The van der Waals surface area contributed by atoms with Crippen molar-refractivity contribution in [3.63, 3.8) is 0 Å². The fourth-order valence-electron chi connectivity index (χ4n) is 7.67. The molecule has 8 nitrogen and oxygen atoms in total. The van der Waals surface area contributed by atoms with Crippen LogP contribution in [0.4, 0.5) is 4.79 Å². The lowest BCUT2D eigenvalue weighted by Crippen LogP contribution is -2.54. The molecular weight excluding hydrogens is 616 g/mol. The highest BCUT2D eigenvalue weighted by Gasteiger charge is 2.49. The van der Waals surface area contributed by atoms with E-state index in [4.69, 9.17) is 14.2 Å². The normalized spacial score (nSPS) is 19.7. The number of amides is 1. The Balaban J connectivity index is 1.32. The topological polar surface area (TPSA) is 94.2 Å². The number of likely N-dealkylation sites (tertiary alicyclic amines) is 1. The van der Waals surface area contributed by atoms with Crippen LogP contribution in [-0.2, 0) is 30.2 Å². The van der Waals surface area contributed by atoms with Crippen LogP contribution in [0.15, 0.2) is 30.3 Å². The molecule has 0 radical (unpaired) electrons.